The third-order valence-electron chi connectivity index (χ3n) is 3.45. The Balaban J connectivity index is 2.17. The molecule has 0 fully saturated rings. The number of pyridine rings is 2. The van der Waals surface area contributed by atoms with Gasteiger partial charge in [0.15, 0.2) is 0 Å². The van der Waals surface area contributed by atoms with Gasteiger partial charge in [-0.1, -0.05) is 38.8 Å². The summed E-state index contributed by atoms with van der Waals surface area (Å²) in [7, 11) is 0. The molecule has 0 aliphatic carbocycles. The summed E-state index contributed by atoms with van der Waals surface area (Å²) in [6, 6.07) is 12.5. The quantitative estimate of drug-likeness (QED) is 0.719. The molecule has 0 saturated heterocycles. The SMILES string of the molecule is CCCCc1cccc(-c2cccc(CCCC)n2)n1. The average Bonchev–Trinajstić information content (AvgIpc) is 2.51. The monoisotopic (exact) mass is 268 g/mol. The van der Waals surface area contributed by atoms with Crippen LogP contribution >= 0.6 is 0 Å². The maximum atomic E-state index is 4.74. The van der Waals surface area contributed by atoms with Crippen molar-refractivity contribution in [3.05, 3.63) is 47.8 Å². The van der Waals surface area contributed by atoms with Crippen LogP contribution in [0.5, 0.6) is 0 Å². The van der Waals surface area contributed by atoms with E-state index in [-0.39, 0.29) is 0 Å². The van der Waals surface area contributed by atoms with Crippen LogP contribution in [0.2, 0.25) is 0 Å². The van der Waals surface area contributed by atoms with Crippen LogP contribution in [0.15, 0.2) is 36.4 Å². The second kappa shape index (κ2) is 7.78. The van der Waals surface area contributed by atoms with Crippen LogP contribution in [0.3, 0.4) is 0 Å². The fourth-order valence-corrected chi connectivity index (χ4v) is 2.24. The highest BCUT2D eigenvalue weighted by atomic mass is 14.8. The molecule has 0 aromatic carbocycles. The Labute approximate surface area is 122 Å². The molecular formula is C18H24N2. The second-order valence-electron chi connectivity index (χ2n) is 5.24. The van der Waals surface area contributed by atoms with E-state index in [1.807, 2.05) is 0 Å². The van der Waals surface area contributed by atoms with Gasteiger partial charge in [-0.2, -0.15) is 0 Å². The first-order chi connectivity index (χ1) is 9.83. The average molecular weight is 268 g/mol. The predicted octanol–water partition coefficient (Wildman–Crippen LogP) is 4.83. The van der Waals surface area contributed by atoms with Crippen LogP contribution in [-0.2, 0) is 12.8 Å². The van der Waals surface area contributed by atoms with Crippen molar-refractivity contribution < 1.29 is 0 Å². The van der Waals surface area contributed by atoms with E-state index in [9.17, 15) is 0 Å². The largest absolute Gasteiger partial charge is 0.251 e. The van der Waals surface area contributed by atoms with Gasteiger partial charge in [-0.3, -0.25) is 9.97 Å². The molecule has 0 atom stereocenters. The van der Waals surface area contributed by atoms with Gasteiger partial charge < -0.3 is 0 Å². The smallest absolute Gasteiger partial charge is 0.0889 e. The zero-order valence-corrected chi connectivity index (χ0v) is 12.6. The number of aryl methyl sites for hydroxylation is 2. The molecule has 2 nitrogen and oxygen atoms in total. The molecule has 20 heavy (non-hydrogen) atoms. The molecule has 0 aliphatic rings. The Hall–Kier alpha value is -1.70. The van der Waals surface area contributed by atoms with Gasteiger partial charge in [-0.05, 0) is 49.9 Å². The third-order valence-corrected chi connectivity index (χ3v) is 3.45. The molecule has 0 spiro atoms. The van der Waals surface area contributed by atoms with E-state index >= 15 is 0 Å². The molecule has 0 radical (unpaired) electrons. The van der Waals surface area contributed by atoms with Gasteiger partial charge in [0.1, 0.15) is 0 Å². The summed E-state index contributed by atoms with van der Waals surface area (Å²) in [6.07, 6.45) is 6.91. The van der Waals surface area contributed by atoms with Gasteiger partial charge in [0.2, 0.25) is 0 Å². The zero-order valence-electron chi connectivity index (χ0n) is 12.6. The highest BCUT2D eigenvalue weighted by Crippen LogP contribution is 2.16. The van der Waals surface area contributed by atoms with Crippen molar-refractivity contribution in [2.75, 3.05) is 0 Å². The van der Waals surface area contributed by atoms with Crippen molar-refractivity contribution in [2.45, 2.75) is 52.4 Å². The second-order valence-corrected chi connectivity index (χ2v) is 5.24. The molecule has 0 unspecified atom stereocenters. The lowest BCUT2D eigenvalue weighted by Crippen LogP contribution is -1.96. The van der Waals surface area contributed by atoms with Crippen LogP contribution < -0.4 is 0 Å². The van der Waals surface area contributed by atoms with Crippen LogP contribution in [-0.4, -0.2) is 9.97 Å². The summed E-state index contributed by atoms with van der Waals surface area (Å²) < 4.78 is 0. The third kappa shape index (κ3) is 4.16. The van der Waals surface area contributed by atoms with Crippen molar-refractivity contribution in [3.8, 4) is 11.4 Å². The summed E-state index contributed by atoms with van der Waals surface area (Å²) >= 11 is 0. The van der Waals surface area contributed by atoms with E-state index in [0.717, 1.165) is 24.2 Å². The number of rotatable bonds is 7. The standard InChI is InChI=1S/C18H24N2/c1-3-5-9-15-11-7-13-17(19-15)18-14-8-12-16(20-18)10-6-4-2/h7-8,11-14H,3-6,9-10H2,1-2H3. The first-order valence-electron chi connectivity index (χ1n) is 7.75. The van der Waals surface area contributed by atoms with Gasteiger partial charge in [-0.15, -0.1) is 0 Å². The Morgan fingerprint density at radius 2 is 1.15 bits per heavy atom. The first-order valence-corrected chi connectivity index (χ1v) is 7.75. The van der Waals surface area contributed by atoms with Gasteiger partial charge in [0.05, 0.1) is 11.4 Å². The fourth-order valence-electron chi connectivity index (χ4n) is 2.24. The zero-order chi connectivity index (χ0) is 14.2. The van der Waals surface area contributed by atoms with E-state index in [1.165, 1.54) is 37.1 Å². The number of nitrogens with zero attached hydrogens (tertiary/aromatic N) is 2. The molecule has 2 aromatic rings. The van der Waals surface area contributed by atoms with E-state index in [0.29, 0.717) is 0 Å². The molecule has 0 amide bonds. The topological polar surface area (TPSA) is 25.8 Å². The van der Waals surface area contributed by atoms with Gasteiger partial charge in [-0.25, -0.2) is 0 Å². The Kier molecular flexibility index (Phi) is 5.72. The highest BCUT2D eigenvalue weighted by molar-refractivity contribution is 5.54. The van der Waals surface area contributed by atoms with Gasteiger partial charge >= 0.3 is 0 Å². The number of hydrogen-bond donors (Lipinski definition) is 0. The van der Waals surface area contributed by atoms with Crippen molar-refractivity contribution in [1.29, 1.82) is 0 Å². The Morgan fingerprint density at radius 1 is 0.700 bits per heavy atom. The van der Waals surface area contributed by atoms with E-state index < -0.39 is 0 Å². The van der Waals surface area contributed by atoms with Crippen molar-refractivity contribution in [2.24, 2.45) is 0 Å². The van der Waals surface area contributed by atoms with Gasteiger partial charge in [0.25, 0.3) is 0 Å². The van der Waals surface area contributed by atoms with Crippen molar-refractivity contribution in [1.82, 2.24) is 9.97 Å². The molecule has 2 aromatic heterocycles. The van der Waals surface area contributed by atoms with E-state index in [4.69, 9.17) is 9.97 Å². The minimum absolute atomic E-state index is 0.997. The molecule has 2 rings (SSSR count). The summed E-state index contributed by atoms with van der Waals surface area (Å²) in [5, 5.41) is 0. The number of aromatic nitrogens is 2. The lowest BCUT2D eigenvalue weighted by Gasteiger charge is -2.06. The summed E-state index contributed by atoms with van der Waals surface area (Å²) in [6.45, 7) is 4.42. The Bertz CT molecular complexity index is 485. The minimum atomic E-state index is 0.997. The minimum Gasteiger partial charge on any atom is -0.251 e. The summed E-state index contributed by atoms with van der Waals surface area (Å²) in [5.74, 6) is 0. The Morgan fingerprint density at radius 3 is 1.55 bits per heavy atom. The molecule has 0 N–H and O–H groups in total. The molecule has 0 aliphatic heterocycles. The first kappa shape index (κ1) is 14.7. The van der Waals surface area contributed by atoms with E-state index in [2.05, 4.69) is 50.2 Å². The molecule has 0 bridgehead atoms. The molecule has 2 heterocycles. The van der Waals surface area contributed by atoms with Crippen molar-refractivity contribution in [3.63, 3.8) is 0 Å². The van der Waals surface area contributed by atoms with Crippen molar-refractivity contribution >= 4 is 0 Å². The summed E-state index contributed by atoms with van der Waals surface area (Å²) in [5.41, 5.74) is 4.34. The maximum Gasteiger partial charge on any atom is 0.0889 e. The fraction of sp³-hybridized carbons (Fsp3) is 0.444. The lowest BCUT2D eigenvalue weighted by atomic mass is 10.1. The van der Waals surface area contributed by atoms with Crippen LogP contribution in [0.1, 0.15) is 50.9 Å². The van der Waals surface area contributed by atoms with Crippen LogP contribution in [0, 0.1) is 0 Å². The van der Waals surface area contributed by atoms with E-state index in [1.54, 1.807) is 0 Å². The van der Waals surface area contributed by atoms with Gasteiger partial charge in [0, 0.05) is 11.4 Å². The number of hydrogen-bond acceptors (Lipinski definition) is 2. The van der Waals surface area contributed by atoms with Crippen LogP contribution in [0.4, 0.5) is 0 Å². The van der Waals surface area contributed by atoms with Crippen LogP contribution in [0.25, 0.3) is 11.4 Å². The normalized spacial score (nSPS) is 10.7. The molecule has 106 valence electrons. The number of unbranched alkanes of at least 4 members (excludes halogenated alkanes) is 2. The molecular weight excluding hydrogens is 244 g/mol. The molecule has 0 saturated carbocycles. The summed E-state index contributed by atoms with van der Waals surface area (Å²) in [4.78, 5) is 9.48. The lowest BCUT2D eigenvalue weighted by molar-refractivity contribution is 0.773. The molecule has 2 heteroatoms. The maximum absolute atomic E-state index is 4.74. The highest BCUT2D eigenvalue weighted by Gasteiger charge is 2.04. The predicted molar refractivity (Wildman–Crippen MR) is 84.7 cm³/mol.